The second-order valence-electron chi connectivity index (χ2n) is 7.33. The zero-order valence-corrected chi connectivity index (χ0v) is 17.2. The van der Waals surface area contributed by atoms with Gasteiger partial charge in [-0.05, 0) is 42.8 Å². The second kappa shape index (κ2) is 9.04. The third-order valence-electron chi connectivity index (χ3n) is 5.23. The van der Waals surface area contributed by atoms with Gasteiger partial charge in [0.05, 0.1) is 18.4 Å². The minimum atomic E-state index is -0.353. The molecule has 160 valence electrons. The molecule has 1 aliphatic heterocycles. The lowest BCUT2D eigenvalue weighted by atomic mass is 10.1. The van der Waals surface area contributed by atoms with Crippen LogP contribution in [0.25, 0.3) is 11.3 Å². The average Bonchev–Trinajstić information content (AvgIpc) is 3.41. The molecule has 1 aromatic heterocycles. The molecular weight excluding hydrogens is 399 g/mol. The van der Waals surface area contributed by atoms with Crippen molar-refractivity contribution in [2.45, 2.75) is 25.7 Å². The smallest absolute Gasteiger partial charge is 0.227 e. The Bertz CT molecular complexity index is 1110. The topological polar surface area (TPSA) is 71.8 Å². The Morgan fingerprint density at radius 2 is 2.03 bits per heavy atom. The van der Waals surface area contributed by atoms with Crippen LogP contribution in [-0.4, -0.2) is 25.5 Å². The van der Waals surface area contributed by atoms with Crippen LogP contribution in [0.15, 0.2) is 59.0 Å². The van der Waals surface area contributed by atoms with E-state index in [0.717, 1.165) is 6.42 Å². The summed E-state index contributed by atoms with van der Waals surface area (Å²) in [5.74, 6) is 1.11. The van der Waals surface area contributed by atoms with Crippen molar-refractivity contribution in [3.8, 4) is 17.1 Å². The summed E-state index contributed by atoms with van der Waals surface area (Å²) in [6, 6.07) is 15.1. The monoisotopic (exact) mass is 422 g/mol. The number of aryl methyl sites for hydroxylation is 1. The lowest BCUT2D eigenvalue weighted by molar-refractivity contribution is -0.117. The maximum absolute atomic E-state index is 13.9. The molecule has 31 heavy (non-hydrogen) atoms. The minimum Gasteiger partial charge on any atom is -0.494 e. The van der Waals surface area contributed by atoms with Gasteiger partial charge >= 0.3 is 0 Å². The van der Waals surface area contributed by atoms with Gasteiger partial charge < -0.3 is 19.4 Å². The first-order valence-corrected chi connectivity index (χ1v) is 10.2. The summed E-state index contributed by atoms with van der Waals surface area (Å²) in [6.45, 7) is 0.666. The van der Waals surface area contributed by atoms with Gasteiger partial charge in [0, 0.05) is 37.6 Å². The number of anilines is 2. The molecule has 1 fully saturated rings. The Balaban J connectivity index is 1.37. The van der Waals surface area contributed by atoms with Gasteiger partial charge in [-0.2, -0.15) is 0 Å². The van der Waals surface area contributed by atoms with Crippen molar-refractivity contribution < 1.29 is 23.1 Å². The highest BCUT2D eigenvalue weighted by molar-refractivity contribution is 5.98. The van der Waals surface area contributed by atoms with Crippen LogP contribution in [0.1, 0.15) is 25.0 Å². The molecule has 0 atom stereocenters. The molecule has 0 unspecified atom stereocenters. The average molecular weight is 422 g/mol. The van der Waals surface area contributed by atoms with Crippen molar-refractivity contribution >= 4 is 23.2 Å². The van der Waals surface area contributed by atoms with E-state index < -0.39 is 0 Å². The molecule has 0 bridgehead atoms. The highest BCUT2D eigenvalue weighted by Gasteiger charge is 2.24. The van der Waals surface area contributed by atoms with E-state index in [9.17, 15) is 14.0 Å². The lowest BCUT2D eigenvalue weighted by Gasteiger charge is -2.19. The van der Waals surface area contributed by atoms with E-state index >= 15 is 0 Å². The number of methoxy groups -OCH3 is 1. The van der Waals surface area contributed by atoms with Crippen LogP contribution in [-0.2, 0) is 16.0 Å². The summed E-state index contributed by atoms with van der Waals surface area (Å²) in [6.07, 6.45) is 1.95. The van der Waals surface area contributed by atoms with Gasteiger partial charge in [0.1, 0.15) is 23.1 Å². The summed E-state index contributed by atoms with van der Waals surface area (Å²) in [5, 5.41) is 2.84. The van der Waals surface area contributed by atoms with Crippen LogP contribution in [0.4, 0.5) is 15.8 Å². The van der Waals surface area contributed by atoms with E-state index in [-0.39, 0.29) is 24.1 Å². The van der Waals surface area contributed by atoms with E-state index in [1.54, 1.807) is 53.4 Å². The standard InChI is InChI=1S/C24H23FN2O4/c1-30-22-15-16(8-11-20(22)27-14-4-7-24(27)29)26-23(28)13-10-17-9-12-21(31-17)18-5-2-3-6-19(18)25/h2-3,5-6,8-9,11-12,15H,4,7,10,13-14H2,1H3,(H,26,28). The van der Waals surface area contributed by atoms with E-state index in [0.29, 0.717) is 53.6 Å². The molecule has 7 heteroatoms. The highest BCUT2D eigenvalue weighted by atomic mass is 19.1. The van der Waals surface area contributed by atoms with Gasteiger partial charge in [0.2, 0.25) is 11.8 Å². The van der Waals surface area contributed by atoms with E-state index in [1.807, 2.05) is 0 Å². The maximum Gasteiger partial charge on any atom is 0.227 e. The molecule has 1 saturated heterocycles. The third kappa shape index (κ3) is 4.60. The first-order chi connectivity index (χ1) is 15.0. The van der Waals surface area contributed by atoms with Crippen molar-refractivity contribution in [3.05, 3.63) is 66.2 Å². The molecule has 0 spiro atoms. The molecule has 1 N–H and O–H groups in total. The molecule has 2 heterocycles. The summed E-state index contributed by atoms with van der Waals surface area (Å²) in [7, 11) is 1.54. The second-order valence-corrected chi connectivity index (χ2v) is 7.33. The molecule has 6 nitrogen and oxygen atoms in total. The number of carbonyl (C=O) groups is 2. The number of rotatable bonds is 7. The van der Waals surface area contributed by atoms with Crippen molar-refractivity contribution in [2.75, 3.05) is 23.9 Å². The molecule has 1 aliphatic rings. The number of carbonyl (C=O) groups excluding carboxylic acids is 2. The van der Waals surface area contributed by atoms with Crippen LogP contribution in [0.3, 0.4) is 0 Å². The molecule has 3 aromatic rings. The Hall–Kier alpha value is -3.61. The maximum atomic E-state index is 13.9. The number of halogens is 1. The fourth-order valence-electron chi connectivity index (χ4n) is 3.66. The van der Waals surface area contributed by atoms with Gasteiger partial charge in [-0.25, -0.2) is 4.39 Å². The van der Waals surface area contributed by atoms with Crippen LogP contribution < -0.4 is 15.0 Å². The number of furan rings is 1. The number of ether oxygens (including phenoxy) is 1. The summed E-state index contributed by atoms with van der Waals surface area (Å²) >= 11 is 0. The van der Waals surface area contributed by atoms with Gasteiger partial charge in [-0.3, -0.25) is 9.59 Å². The third-order valence-corrected chi connectivity index (χ3v) is 5.23. The number of hydrogen-bond acceptors (Lipinski definition) is 4. The number of amides is 2. The number of nitrogens with zero attached hydrogens (tertiary/aromatic N) is 1. The lowest BCUT2D eigenvalue weighted by Crippen LogP contribution is -2.24. The van der Waals surface area contributed by atoms with Gasteiger partial charge in [0.25, 0.3) is 0 Å². The molecule has 0 saturated carbocycles. The van der Waals surface area contributed by atoms with Crippen LogP contribution in [0, 0.1) is 5.82 Å². The van der Waals surface area contributed by atoms with Crippen molar-refractivity contribution in [2.24, 2.45) is 0 Å². The fourth-order valence-corrected chi connectivity index (χ4v) is 3.66. The molecule has 0 radical (unpaired) electrons. The largest absolute Gasteiger partial charge is 0.494 e. The molecule has 2 aromatic carbocycles. The van der Waals surface area contributed by atoms with E-state index in [4.69, 9.17) is 9.15 Å². The zero-order chi connectivity index (χ0) is 21.8. The predicted octanol–water partition coefficient (Wildman–Crippen LogP) is 4.79. The minimum absolute atomic E-state index is 0.0725. The van der Waals surface area contributed by atoms with Gasteiger partial charge in [-0.15, -0.1) is 0 Å². The van der Waals surface area contributed by atoms with Crippen LogP contribution in [0.2, 0.25) is 0 Å². The Morgan fingerprint density at radius 3 is 2.77 bits per heavy atom. The fraction of sp³-hybridized carbons (Fsp3) is 0.250. The van der Waals surface area contributed by atoms with Crippen molar-refractivity contribution in [3.63, 3.8) is 0 Å². The van der Waals surface area contributed by atoms with E-state index in [1.165, 1.54) is 13.2 Å². The summed E-state index contributed by atoms with van der Waals surface area (Å²) < 4.78 is 25.0. The van der Waals surface area contributed by atoms with Crippen molar-refractivity contribution in [1.82, 2.24) is 0 Å². The first-order valence-electron chi connectivity index (χ1n) is 10.2. The summed E-state index contributed by atoms with van der Waals surface area (Å²) in [4.78, 5) is 26.1. The normalized spacial score (nSPS) is 13.5. The van der Waals surface area contributed by atoms with Gasteiger partial charge in [-0.1, -0.05) is 12.1 Å². The van der Waals surface area contributed by atoms with Crippen LogP contribution >= 0.6 is 0 Å². The quantitative estimate of drug-likeness (QED) is 0.594. The number of hydrogen-bond donors (Lipinski definition) is 1. The molecule has 2 amide bonds. The zero-order valence-electron chi connectivity index (χ0n) is 17.2. The summed E-state index contributed by atoms with van der Waals surface area (Å²) in [5.41, 5.74) is 1.69. The Morgan fingerprint density at radius 1 is 1.19 bits per heavy atom. The first kappa shape index (κ1) is 20.7. The molecular formula is C24H23FN2O4. The predicted molar refractivity (Wildman–Crippen MR) is 116 cm³/mol. The van der Waals surface area contributed by atoms with E-state index in [2.05, 4.69) is 5.32 Å². The Labute approximate surface area is 179 Å². The van der Waals surface area contributed by atoms with Crippen LogP contribution in [0.5, 0.6) is 5.75 Å². The molecule has 4 rings (SSSR count). The highest BCUT2D eigenvalue weighted by Crippen LogP contribution is 2.34. The van der Waals surface area contributed by atoms with Gasteiger partial charge in [0.15, 0.2) is 0 Å². The van der Waals surface area contributed by atoms with Crippen molar-refractivity contribution in [1.29, 1.82) is 0 Å². The number of nitrogens with one attached hydrogen (secondary N) is 1. The SMILES string of the molecule is COc1cc(NC(=O)CCc2ccc(-c3ccccc3F)o2)ccc1N1CCCC1=O. The Kier molecular flexibility index (Phi) is 6.02. The molecule has 0 aliphatic carbocycles. The number of benzene rings is 2.